The fourth-order valence-corrected chi connectivity index (χ4v) is 3.48. The molecule has 1 aliphatic heterocycles. The van der Waals surface area contributed by atoms with Crippen molar-refractivity contribution in [1.29, 1.82) is 0 Å². The van der Waals surface area contributed by atoms with E-state index in [1.54, 1.807) is 0 Å². The molecule has 1 atom stereocenters. The van der Waals surface area contributed by atoms with Crippen LogP contribution in [0.1, 0.15) is 11.6 Å². The van der Waals surface area contributed by atoms with Crippen molar-refractivity contribution in [1.82, 2.24) is 20.1 Å². The number of nitrogens with zero attached hydrogens (tertiary/aromatic N) is 5. The Kier molecular flexibility index (Phi) is 8.98. The molecule has 1 saturated heterocycles. The molecule has 3 rings (SSSR count). The first-order valence-corrected chi connectivity index (χ1v) is 9.52. The first-order valence-electron chi connectivity index (χ1n) is 9.52. The van der Waals surface area contributed by atoms with Crippen LogP contribution >= 0.6 is 24.0 Å². The second kappa shape index (κ2) is 11.2. The van der Waals surface area contributed by atoms with Crippen molar-refractivity contribution in [3.8, 4) is 0 Å². The summed E-state index contributed by atoms with van der Waals surface area (Å²) in [5, 5.41) is 3.57. The van der Waals surface area contributed by atoms with Gasteiger partial charge < -0.3 is 20.0 Å². The monoisotopic (exact) mass is 494 g/mol. The summed E-state index contributed by atoms with van der Waals surface area (Å²) >= 11 is 0. The molecule has 2 aromatic rings. The standard InChI is InChI=1S/C21H30N6.HI/c1-22-21(24-17-19(25(2)3)18-9-5-4-6-10-18)27-15-13-26(14-16-27)20-11-7-8-12-23-20;/h4-12,19H,13-17H2,1-3H3,(H,22,24);1H. The molecule has 1 fully saturated rings. The molecule has 0 saturated carbocycles. The maximum Gasteiger partial charge on any atom is 0.193 e. The zero-order chi connectivity index (χ0) is 19.1. The van der Waals surface area contributed by atoms with Gasteiger partial charge in [-0.05, 0) is 31.8 Å². The molecule has 152 valence electrons. The lowest BCUT2D eigenvalue weighted by atomic mass is 10.1. The van der Waals surface area contributed by atoms with Gasteiger partial charge in [-0.3, -0.25) is 4.99 Å². The summed E-state index contributed by atoms with van der Waals surface area (Å²) in [7, 11) is 6.10. The number of benzene rings is 1. The smallest absolute Gasteiger partial charge is 0.193 e. The summed E-state index contributed by atoms with van der Waals surface area (Å²) in [6.07, 6.45) is 1.85. The van der Waals surface area contributed by atoms with E-state index in [-0.39, 0.29) is 24.0 Å². The van der Waals surface area contributed by atoms with E-state index in [0.717, 1.165) is 44.5 Å². The van der Waals surface area contributed by atoms with Crippen LogP contribution in [0, 0.1) is 0 Å². The number of guanidine groups is 1. The van der Waals surface area contributed by atoms with Crippen molar-refractivity contribution in [3.63, 3.8) is 0 Å². The van der Waals surface area contributed by atoms with E-state index in [4.69, 9.17) is 0 Å². The average molecular weight is 494 g/mol. The van der Waals surface area contributed by atoms with Crippen LogP contribution in [0.2, 0.25) is 0 Å². The second-order valence-electron chi connectivity index (χ2n) is 6.98. The number of hydrogen-bond acceptors (Lipinski definition) is 4. The first-order chi connectivity index (χ1) is 13.2. The Morgan fingerprint density at radius 1 is 1.07 bits per heavy atom. The third-order valence-electron chi connectivity index (χ3n) is 5.03. The number of anilines is 1. The lowest BCUT2D eigenvalue weighted by molar-refractivity contribution is 0.292. The topological polar surface area (TPSA) is 47.0 Å². The van der Waals surface area contributed by atoms with Gasteiger partial charge in [0, 0.05) is 46.0 Å². The molecule has 0 bridgehead atoms. The summed E-state index contributed by atoms with van der Waals surface area (Å²) in [4.78, 5) is 15.9. The fourth-order valence-electron chi connectivity index (χ4n) is 3.48. The van der Waals surface area contributed by atoms with Gasteiger partial charge in [-0.25, -0.2) is 4.98 Å². The van der Waals surface area contributed by atoms with Crippen molar-refractivity contribution in [2.24, 2.45) is 4.99 Å². The van der Waals surface area contributed by atoms with Crippen LogP contribution in [0.4, 0.5) is 5.82 Å². The highest BCUT2D eigenvalue weighted by atomic mass is 127. The van der Waals surface area contributed by atoms with Crippen LogP contribution in [0.5, 0.6) is 0 Å². The zero-order valence-corrected chi connectivity index (χ0v) is 19.3. The molecule has 0 radical (unpaired) electrons. The molecule has 28 heavy (non-hydrogen) atoms. The van der Waals surface area contributed by atoms with Gasteiger partial charge in [-0.15, -0.1) is 24.0 Å². The van der Waals surface area contributed by atoms with Crippen molar-refractivity contribution in [3.05, 3.63) is 60.3 Å². The highest BCUT2D eigenvalue weighted by molar-refractivity contribution is 14.0. The van der Waals surface area contributed by atoms with Gasteiger partial charge in [0.25, 0.3) is 0 Å². The van der Waals surface area contributed by atoms with Crippen LogP contribution in [0.3, 0.4) is 0 Å². The fraction of sp³-hybridized carbons (Fsp3) is 0.429. The van der Waals surface area contributed by atoms with Crippen molar-refractivity contribution in [2.75, 3.05) is 58.8 Å². The second-order valence-corrected chi connectivity index (χ2v) is 6.98. The quantitative estimate of drug-likeness (QED) is 0.394. The van der Waals surface area contributed by atoms with Crippen LogP contribution in [-0.2, 0) is 0 Å². The Hall–Kier alpha value is -1.87. The molecule has 1 N–H and O–H groups in total. The number of aliphatic imine (C=N–C) groups is 1. The molecule has 2 heterocycles. The number of halogens is 1. The normalized spacial score (nSPS) is 15.9. The van der Waals surface area contributed by atoms with E-state index in [2.05, 4.69) is 80.5 Å². The van der Waals surface area contributed by atoms with Gasteiger partial charge in [0.2, 0.25) is 0 Å². The number of pyridine rings is 1. The van der Waals surface area contributed by atoms with Gasteiger partial charge in [0.1, 0.15) is 5.82 Å². The van der Waals surface area contributed by atoms with E-state index in [0.29, 0.717) is 6.04 Å². The predicted octanol–water partition coefficient (Wildman–Crippen LogP) is 2.70. The van der Waals surface area contributed by atoms with Crippen molar-refractivity contribution >= 4 is 35.8 Å². The number of aromatic nitrogens is 1. The molecule has 7 heteroatoms. The maximum atomic E-state index is 4.51. The molecule has 0 amide bonds. The Bertz CT molecular complexity index is 714. The van der Waals surface area contributed by atoms with Crippen LogP contribution in [0.15, 0.2) is 59.7 Å². The summed E-state index contributed by atoms with van der Waals surface area (Å²) in [5.41, 5.74) is 1.31. The molecular formula is C21H31IN6. The molecule has 1 aromatic carbocycles. The Balaban J connectivity index is 0.00000280. The molecule has 6 nitrogen and oxygen atoms in total. The van der Waals surface area contributed by atoms with E-state index in [1.165, 1.54) is 5.56 Å². The summed E-state index contributed by atoms with van der Waals surface area (Å²) in [6.45, 7) is 4.60. The molecular weight excluding hydrogens is 463 g/mol. The van der Waals surface area contributed by atoms with E-state index in [9.17, 15) is 0 Å². The first kappa shape index (κ1) is 22.4. The predicted molar refractivity (Wildman–Crippen MR) is 128 cm³/mol. The minimum Gasteiger partial charge on any atom is -0.354 e. The number of nitrogens with one attached hydrogen (secondary N) is 1. The minimum atomic E-state index is 0. The highest BCUT2D eigenvalue weighted by Gasteiger charge is 2.21. The van der Waals surface area contributed by atoms with Gasteiger partial charge in [0.15, 0.2) is 5.96 Å². The largest absolute Gasteiger partial charge is 0.354 e. The number of rotatable bonds is 5. The molecule has 1 aromatic heterocycles. The highest BCUT2D eigenvalue weighted by Crippen LogP contribution is 2.17. The SMILES string of the molecule is CN=C(NCC(c1ccccc1)N(C)C)N1CCN(c2ccccn2)CC1.I. The van der Waals surface area contributed by atoms with E-state index >= 15 is 0 Å². The lowest BCUT2D eigenvalue weighted by Crippen LogP contribution is -2.53. The summed E-state index contributed by atoms with van der Waals surface area (Å²) < 4.78 is 0. The van der Waals surface area contributed by atoms with Crippen LogP contribution in [0.25, 0.3) is 0 Å². The van der Waals surface area contributed by atoms with Gasteiger partial charge in [-0.1, -0.05) is 36.4 Å². The molecule has 1 aliphatic rings. The number of piperazine rings is 1. The van der Waals surface area contributed by atoms with Crippen LogP contribution < -0.4 is 10.2 Å². The lowest BCUT2D eigenvalue weighted by Gasteiger charge is -2.37. The molecule has 0 aliphatic carbocycles. The molecule has 1 unspecified atom stereocenters. The maximum absolute atomic E-state index is 4.51. The number of hydrogen-bond donors (Lipinski definition) is 1. The Labute approximate surface area is 185 Å². The number of likely N-dealkylation sites (N-methyl/N-ethyl adjacent to an activating group) is 1. The van der Waals surface area contributed by atoms with Gasteiger partial charge in [0.05, 0.1) is 6.04 Å². The van der Waals surface area contributed by atoms with Crippen molar-refractivity contribution < 1.29 is 0 Å². The van der Waals surface area contributed by atoms with E-state index in [1.807, 2.05) is 25.4 Å². The van der Waals surface area contributed by atoms with E-state index < -0.39 is 0 Å². The van der Waals surface area contributed by atoms with Gasteiger partial charge >= 0.3 is 0 Å². The van der Waals surface area contributed by atoms with Gasteiger partial charge in [-0.2, -0.15) is 0 Å². The Morgan fingerprint density at radius 3 is 2.32 bits per heavy atom. The summed E-state index contributed by atoms with van der Waals surface area (Å²) in [5.74, 6) is 2.02. The third-order valence-corrected chi connectivity index (χ3v) is 5.03. The van der Waals surface area contributed by atoms with Crippen molar-refractivity contribution in [2.45, 2.75) is 6.04 Å². The average Bonchev–Trinajstić information content (AvgIpc) is 2.72. The minimum absolute atomic E-state index is 0. The zero-order valence-electron chi connectivity index (χ0n) is 17.0. The molecule has 0 spiro atoms. The summed E-state index contributed by atoms with van der Waals surface area (Å²) in [6, 6.07) is 17.0. The van der Waals surface area contributed by atoms with Crippen LogP contribution in [-0.4, -0.2) is 74.6 Å². The third kappa shape index (κ3) is 5.81. The Morgan fingerprint density at radius 2 is 1.75 bits per heavy atom.